The van der Waals surface area contributed by atoms with Crippen molar-refractivity contribution in [3.8, 4) is 0 Å². The van der Waals surface area contributed by atoms with E-state index in [4.69, 9.17) is 11.6 Å². The lowest BCUT2D eigenvalue weighted by atomic mass is 10.0. The molecule has 0 aromatic heterocycles. The van der Waals surface area contributed by atoms with Crippen LogP contribution in [0, 0.1) is 0 Å². The topological polar surface area (TPSA) is 32.7 Å². The van der Waals surface area contributed by atoms with Crippen LogP contribution in [0.25, 0.3) is 0 Å². The lowest BCUT2D eigenvalue weighted by Gasteiger charge is -2.27. The molecule has 1 saturated heterocycles. The minimum Gasteiger partial charge on any atom is -0.299 e. The molecule has 1 heterocycles. The summed E-state index contributed by atoms with van der Waals surface area (Å²) in [6.45, 7) is 3.25. The standard InChI is InChI=1S/C16H19ClN2O/c17-15-10-14(16(6-7-16)18-12-20)5-4-13(15)11-19-8-2-1-3-9-19/h4-5,10H,1-3,6-9,11H2. The van der Waals surface area contributed by atoms with Crippen LogP contribution in [0.4, 0.5) is 0 Å². The molecule has 106 valence electrons. The van der Waals surface area contributed by atoms with Crippen molar-refractivity contribution in [1.29, 1.82) is 0 Å². The number of benzene rings is 1. The largest absolute Gasteiger partial charge is 0.299 e. The zero-order chi connectivity index (χ0) is 14.0. The van der Waals surface area contributed by atoms with E-state index in [-0.39, 0.29) is 5.54 Å². The van der Waals surface area contributed by atoms with Crippen molar-refractivity contribution in [2.45, 2.75) is 44.2 Å². The molecule has 4 heteroatoms. The van der Waals surface area contributed by atoms with Gasteiger partial charge in [0.05, 0.1) is 5.54 Å². The summed E-state index contributed by atoms with van der Waals surface area (Å²) in [5.74, 6) is 0. The van der Waals surface area contributed by atoms with E-state index >= 15 is 0 Å². The fourth-order valence-electron chi connectivity index (χ4n) is 2.99. The minimum atomic E-state index is -0.324. The predicted molar refractivity (Wildman–Crippen MR) is 79.6 cm³/mol. The molecule has 0 bridgehead atoms. The number of halogens is 1. The highest BCUT2D eigenvalue weighted by molar-refractivity contribution is 6.31. The normalized spacial score (nSPS) is 21.2. The average molecular weight is 291 g/mol. The Kier molecular flexibility index (Phi) is 3.93. The molecule has 1 aromatic carbocycles. The molecule has 0 N–H and O–H groups in total. The van der Waals surface area contributed by atoms with Gasteiger partial charge in [-0.25, -0.2) is 4.79 Å². The van der Waals surface area contributed by atoms with E-state index in [2.05, 4.69) is 22.0 Å². The van der Waals surface area contributed by atoms with Gasteiger partial charge in [-0.05, 0) is 56.0 Å². The first-order valence-electron chi connectivity index (χ1n) is 7.34. The monoisotopic (exact) mass is 290 g/mol. The van der Waals surface area contributed by atoms with Gasteiger partial charge in [0.2, 0.25) is 6.08 Å². The first-order chi connectivity index (χ1) is 9.73. The zero-order valence-corrected chi connectivity index (χ0v) is 12.3. The number of rotatable bonds is 4. The molecule has 0 unspecified atom stereocenters. The van der Waals surface area contributed by atoms with Crippen molar-refractivity contribution < 1.29 is 4.79 Å². The van der Waals surface area contributed by atoms with E-state index in [9.17, 15) is 4.79 Å². The van der Waals surface area contributed by atoms with Gasteiger partial charge in [0.15, 0.2) is 0 Å². The fraction of sp³-hybridized carbons (Fsp3) is 0.562. The quantitative estimate of drug-likeness (QED) is 0.626. The second kappa shape index (κ2) is 5.69. The van der Waals surface area contributed by atoms with E-state index in [1.54, 1.807) is 6.08 Å². The predicted octanol–water partition coefficient (Wildman–Crippen LogP) is 3.65. The Bertz CT molecular complexity index is 541. The fourth-order valence-corrected chi connectivity index (χ4v) is 3.23. The molecule has 2 fully saturated rings. The summed E-state index contributed by atoms with van der Waals surface area (Å²) in [5, 5.41) is 0.792. The average Bonchev–Trinajstić information content (AvgIpc) is 3.24. The molecule has 1 saturated carbocycles. The number of carbonyl (C=O) groups excluding carboxylic acids is 1. The van der Waals surface area contributed by atoms with Gasteiger partial charge < -0.3 is 0 Å². The number of isocyanates is 1. The van der Waals surface area contributed by atoms with Crippen LogP contribution in [0.1, 0.15) is 43.2 Å². The summed E-state index contributed by atoms with van der Waals surface area (Å²) in [6.07, 6.45) is 7.45. The van der Waals surface area contributed by atoms with E-state index < -0.39 is 0 Å². The van der Waals surface area contributed by atoms with Crippen LogP contribution >= 0.6 is 11.6 Å². The third-order valence-electron chi connectivity index (χ3n) is 4.42. The molecular formula is C16H19ClN2O. The van der Waals surface area contributed by atoms with Gasteiger partial charge >= 0.3 is 0 Å². The highest BCUT2D eigenvalue weighted by Gasteiger charge is 2.44. The van der Waals surface area contributed by atoms with Gasteiger partial charge in [0, 0.05) is 11.6 Å². The maximum Gasteiger partial charge on any atom is 0.235 e. The molecule has 1 aliphatic heterocycles. The summed E-state index contributed by atoms with van der Waals surface area (Å²) >= 11 is 6.42. The number of hydrogen-bond donors (Lipinski definition) is 0. The van der Waals surface area contributed by atoms with Crippen LogP contribution < -0.4 is 0 Å². The Morgan fingerprint density at radius 3 is 2.60 bits per heavy atom. The Hall–Kier alpha value is -1.15. The van der Waals surface area contributed by atoms with E-state index in [1.807, 2.05) is 6.07 Å². The van der Waals surface area contributed by atoms with E-state index in [0.29, 0.717) is 0 Å². The van der Waals surface area contributed by atoms with Gasteiger partial charge in [-0.1, -0.05) is 30.2 Å². The molecular weight excluding hydrogens is 272 g/mol. The second-order valence-corrected chi connectivity index (χ2v) is 6.28. The van der Waals surface area contributed by atoms with E-state index in [1.165, 1.54) is 24.8 Å². The van der Waals surface area contributed by atoms with Gasteiger partial charge in [-0.15, -0.1) is 0 Å². The third kappa shape index (κ3) is 2.80. The van der Waals surface area contributed by atoms with Crippen LogP contribution in [0.5, 0.6) is 0 Å². The van der Waals surface area contributed by atoms with Crippen molar-refractivity contribution >= 4 is 17.7 Å². The molecule has 0 spiro atoms. The lowest BCUT2D eigenvalue weighted by Crippen LogP contribution is -2.29. The van der Waals surface area contributed by atoms with Crippen molar-refractivity contribution in [2.24, 2.45) is 4.99 Å². The molecule has 1 aromatic rings. The number of aliphatic imine (C=N–C) groups is 1. The Labute approximate surface area is 124 Å². The van der Waals surface area contributed by atoms with Crippen molar-refractivity contribution in [1.82, 2.24) is 4.90 Å². The minimum absolute atomic E-state index is 0.324. The van der Waals surface area contributed by atoms with E-state index in [0.717, 1.165) is 43.1 Å². The van der Waals surface area contributed by atoms with Crippen LogP contribution in [0.3, 0.4) is 0 Å². The SMILES string of the molecule is O=C=NC1(c2ccc(CN3CCCCC3)c(Cl)c2)CC1. The van der Waals surface area contributed by atoms with Gasteiger partial charge in [0.25, 0.3) is 0 Å². The maximum atomic E-state index is 10.5. The molecule has 0 amide bonds. The maximum absolute atomic E-state index is 10.5. The van der Waals surface area contributed by atoms with Gasteiger partial charge in [0.1, 0.15) is 0 Å². The Balaban J connectivity index is 1.76. The summed E-state index contributed by atoms with van der Waals surface area (Å²) in [6, 6.07) is 6.14. The molecule has 2 aliphatic rings. The molecule has 3 nitrogen and oxygen atoms in total. The zero-order valence-electron chi connectivity index (χ0n) is 11.6. The summed E-state index contributed by atoms with van der Waals surface area (Å²) in [4.78, 5) is 16.9. The summed E-state index contributed by atoms with van der Waals surface area (Å²) < 4.78 is 0. The van der Waals surface area contributed by atoms with Crippen LogP contribution in [-0.4, -0.2) is 24.1 Å². The van der Waals surface area contributed by atoms with Gasteiger partial charge in [-0.2, -0.15) is 4.99 Å². The summed E-state index contributed by atoms with van der Waals surface area (Å²) in [5.41, 5.74) is 1.89. The third-order valence-corrected chi connectivity index (χ3v) is 4.77. The molecule has 20 heavy (non-hydrogen) atoms. The number of likely N-dealkylation sites (tertiary alicyclic amines) is 1. The van der Waals surface area contributed by atoms with Gasteiger partial charge in [-0.3, -0.25) is 4.90 Å². The number of nitrogens with zero attached hydrogens (tertiary/aromatic N) is 2. The molecule has 3 rings (SSSR count). The highest BCUT2D eigenvalue weighted by Crippen LogP contribution is 2.49. The number of piperidine rings is 1. The molecule has 0 radical (unpaired) electrons. The number of hydrogen-bond acceptors (Lipinski definition) is 3. The van der Waals surface area contributed by atoms with Crippen LogP contribution in [-0.2, 0) is 16.9 Å². The first kappa shape index (κ1) is 13.8. The lowest BCUT2D eigenvalue weighted by molar-refractivity contribution is 0.221. The van der Waals surface area contributed by atoms with Crippen molar-refractivity contribution in [3.05, 3.63) is 34.3 Å². The van der Waals surface area contributed by atoms with Crippen LogP contribution in [0.15, 0.2) is 23.2 Å². The Morgan fingerprint density at radius 2 is 2.00 bits per heavy atom. The second-order valence-electron chi connectivity index (χ2n) is 5.88. The smallest absolute Gasteiger partial charge is 0.235 e. The molecule has 1 aliphatic carbocycles. The highest BCUT2D eigenvalue weighted by atomic mass is 35.5. The Morgan fingerprint density at radius 1 is 1.25 bits per heavy atom. The van der Waals surface area contributed by atoms with Crippen LogP contribution in [0.2, 0.25) is 5.02 Å². The molecule has 0 atom stereocenters. The van der Waals surface area contributed by atoms with Crippen molar-refractivity contribution in [2.75, 3.05) is 13.1 Å². The first-order valence-corrected chi connectivity index (χ1v) is 7.72. The van der Waals surface area contributed by atoms with Crippen molar-refractivity contribution in [3.63, 3.8) is 0 Å². The summed E-state index contributed by atoms with van der Waals surface area (Å²) in [7, 11) is 0.